The van der Waals surface area contributed by atoms with Crippen molar-refractivity contribution in [1.82, 2.24) is 9.99 Å². The highest BCUT2D eigenvalue weighted by Gasteiger charge is 2.21. The Morgan fingerprint density at radius 1 is 0.975 bits per heavy atom. The molecule has 40 heavy (non-hydrogen) atoms. The van der Waals surface area contributed by atoms with E-state index in [4.69, 9.17) is 9.47 Å². The molecular weight excluding hydrogens is 633 g/mol. The topological polar surface area (TPSA) is 151 Å². The number of benzene rings is 3. The molecule has 1 aromatic heterocycles. The number of ether oxygens (including phenoxy) is 2. The van der Waals surface area contributed by atoms with Crippen molar-refractivity contribution in [1.29, 1.82) is 0 Å². The van der Waals surface area contributed by atoms with Crippen molar-refractivity contribution in [2.75, 3.05) is 7.11 Å². The molecular formula is C27H22IN5O7. The predicted octanol–water partition coefficient (Wildman–Crippen LogP) is 6.08. The van der Waals surface area contributed by atoms with Gasteiger partial charge in [-0.05, 0) is 91.0 Å². The molecule has 0 saturated carbocycles. The summed E-state index contributed by atoms with van der Waals surface area (Å²) in [7, 11) is 1.54. The minimum absolute atomic E-state index is 0.110. The molecule has 4 rings (SSSR count). The van der Waals surface area contributed by atoms with E-state index in [2.05, 4.69) is 33.1 Å². The fourth-order valence-electron chi connectivity index (χ4n) is 3.98. The smallest absolute Gasteiger partial charge is 0.318 e. The lowest BCUT2D eigenvalue weighted by Crippen LogP contribution is -2.17. The second-order valence-electron chi connectivity index (χ2n) is 8.47. The number of nitro groups is 2. The van der Waals surface area contributed by atoms with Gasteiger partial charge in [-0.2, -0.15) is 5.10 Å². The lowest BCUT2D eigenvalue weighted by molar-refractivity contribution is -0.394. The number of aromatic nitrogens is 1. The van der Waals surface area contributed by atoms with E-state index in [1.165, 1.54) is 6.07 Å². The lowest BCUT2D eigenvalue weighted by atomic mass is 10.2. The van der Waals surface area contributed by atoms with E-state index < -0.39 is 21.2 Å². The average molecular weight is 655 g/mol. The molecule has 4 aromatic rings. The maximum Gasteiger partial charge on any atom is 0.318 e. The summed E-state index contributed by atoms with van der Waals surface area (Å²) in [5, 5.41) is 26.5. The fraction of sp³-hybridized carbons (Fsp3) is 0.111. The first kappa shape index (κ1) is 28.2. The standard InChI is InChI=1S/C27H22IN5O7/c1-16-12-19(15-29-30-27(34)18-4-10-23(28)26(13-18)39-3)17(2)31(16)20-5-8-22(9-6-20)40-25-11-7-21(32(35)36)14-24(25)33(37)38/h4-15H,1-3H3,(H,30,34)/b29-15-. The van der Waals surface area contributed by atoms with Gasteiger partial charge in [0.1, 0.15) is 11.5 Å². The molecule has 1 amide bonds. The van der Waals surface area contributed by atoms with E-state index >= 15 is 0 Å². The fourth-order valence-corrected chi connectivity index (χ4v) is 4.54. The first-order valence-corrected chi connectivity index (χ1v) is 12.7. The van der Waals surface area contributed by atoms with Crippen molar-refractivity contribution in [3.8, 4) is 22.9 Å². The van der Waals surface area contributed by atoms with Crippen LogP contribution in [0.15, 0.2) is 71.8 Å². The number of nitro benzene ring substituents is 2. The maximum absolute atomic E-state index is 12.5. The van der Waals surface area contributed by atoms with Crippen molar-refractivity contribution in [3.63, 3.8) is 0 Å². The van der Waals surface area contributed by atoms with E-state index in [1.807, 2.05) is 24.5 Å². The Hall–Kier alpha value is -4.79. The first-order chi connectivity index (χ1) is 19.1. The number of hydrogen-bond donors (Lipinski definition) is 1. The van der Waals surface area contributed by atoms with Crippen molar-refractivity contribution in [2.24, 2.45) is 5.10 Å². The van der Waals surface area contributed by atoms with Crippen LogP contribution in [0.3, 0.4) is 0 Å². The zero-order chi connectivity index (χ0) is 29.0. The number of methoxy groups -OCH3 is 1. The van der Waals surface area contributed by atoms with Gasteiger partial charge in [0, 0.05) is 34.3 Å². The summed E-state index contributed by atoms with van der Waals surface area (Å²) in [6.45, 7) is 3.83. The molecule has 0 spiro atoms. The minimum atomic E-state index is -0.730. The minimum Gasteiger partial charge on any atom is -0.496 e. The number of rotatable bonds is 9. The van der Waals surface area contributed by atoms with Crippen molar-refractivity contribution in [3.05, 3.63) is 113 Å². The maximum atomic E-state index is 12.5. The van der Waals surface area contributed by atoms with E-state index in [0.717, 1.165) is 38.3 Å². The van der Waals surface area contributed by atoms with E-state index in [0.29, 0.717) is 17.1 Å². The van der Waals surface area contributed by atoms with Gasteiger partial charge in [-0.1, -0.05) is 0 Å². The Bertz CT molecular complexity index is 1650. The van der Waals surface area contributed by atoms with Crippen LogP contribution in [0.4, 0.5) is 11.4 Å². The van der Waals surface area contributed by atoms with Crippen molar-refractivity contribution >= 4 is 46.1 Å². The van der Waals surface area contributed by atoms with Crippen LogP contribution in [0, 0.1) is 37.6 Å². The lowest BCUT2D eigenvalue weighted by Gasteiger charge is -2.11. The van der Waals surface area contributed by atoms with Gasteiger partial charge in [0.15, 0.2) is 0 Å². The summed E-state index contributed by atoms with van der Waals surface area (Å²) < 4.78 is 13.8. The Morgan fingerprint density at radius 2 is 1.70 bits per heavy atom. The second kappa shape index (κ2) is 11.9. The number of carbonyl (C=O) groups excluding carboxylic acids is 1. The number of nitrogens with zero attached hydrogens (tertiary/aromatic N) is 4. The molecule has 0 radical (unpaired) electrons. The van der Waals surface area contributed by atoms with Crippen LogP contribution in [0.1, 0.15) is 27.3 Å². The van der Waals surface area contributed by atoms with Crippen LogP contribution in [-0.2, 0) is 0 Å². The number of nitrogens with one attached hydrogen (secondary N) is 1. The van der Waals surface area contributed by atoms with Crippen LogP contribution in [0.5, 0.6) is 17.2 Å². The van der Waals surface area contributed by atoms with Crippen molar-refractivity contribution < 1.29 is 24.1 Å². The highest BCUT2D eigenvalue weighted by atomic mass is 127. The number of hydrogen-bond acceptors (Lipinski definition) is 8. The first-order valence-electron chi connectivity index (χ1n) is 11.7. The Morgan fingerprint density at radius 3 is 2.35 bits per heavy atom. The van der Waals surface area contributed by atoms with Gasteiger partial charge < -0.3 is 14.0 Å². The van der Waals surface area contributed by atoms with E-state index in [9.17, 15) is 25.0 Å². The van der Waals surface area contributed by atoms with E-state index in [-0.39, 0.29) is 11.7 Å². The average Bonchev–Trinajstić information content (AvgIpc) is 3.21. The van der Waals surface area contributed by atoms with Crippen LogP contribution in [-0.4, -0.2) is 33.6 Å². The van der Waals surface area contributed by atoms with Crippen LogP contribution < -0.4 is 14.9 Å². The molecule has 0 fully saturated rings. The third-order valence-corrected chi connectivity index (χ3v) is 6.82. The van der Waals surface area contributed by atoms with Gasteiger partial charge in [-0.3, -0.25) is 25.0 Å². The third kappa shape index (κ3) is 6.09. The van der Waals surface area contributed by atoms with Gasteiger partial charge in [0.25, 0.3) is 11.6 Å². The van der Waals surface area contributed by atoms with Crippen LogP contribution >= 0.6 is 22.6 Å². The molecule has 0 unspecified atom stereocenters. The van der Waals surface area contributed by atoms with Gasteiger partial charge in [0.05, 0.1) is 32.8 Å². The molecule has 1 heterocycles. The molecule has 13 heteroatoms. The zero-order valence-corrected chi connectivity index (χ0v) is 23.6. The number of aryl methyl sites for hydroxylation is 1. The normalized spacial score (nSPS) is 10.9. The summed E-state index contributed by atoms with van der Waals surface area (Å²) in [6, 6.07) is 17.1. The van der Waals surface area contributed by atoms with Gasteiger partial charge in [-0.15, -0.1) is 0 Å². The number of amides is 1. The predicted molar refractivity (Wildman–Crippen MR) is 156 cm³/mol. The van der Waals surface area contributed by atoms with Crippen molar-refractivity contribution in [2.45, 2.75) is 13.8 Å². The third-order valence-electron chi connectivity index (χ3n) is 5.93. The number of halogens is 1. The van der Waals surface area contributed by atoms with Crippen LogP contribution in [0.25, 0.3) is 5.69 Å². The molecule has 0 atom stereocenters. The molecule has 12 nitrogen and oxygen atoms in total. The molecule has 0 aliphatic heterocycles. The summed E-state index contributed by atoms with van der Waals surface area (Å²) in [5.41, 5.74) is 5.41. The largest absolute Gasteiger partial charge is 0.496 e. The van der Waals surface area contributed by atoms with Gasteiger partial charge >= 0.3 is 5.69 Å². The zero-order valence-electron chi connectivity index (χ0n) is 21.5. The Balaban J connectivity index is 1.49. The Kier molecular flexibility index (Phi) is 8.43. The molecule has 0 aliphatic carbocycles. The molecule has 204 valence electrons. The number of carbonyl (C=O) groups is 1. The van der Waals surface area contributed by atoms with E-state index in [1.54, 1.807) is 55.8 Å². The van der Waals surface area contributed by atoms with Gasteiger partial charge in [0.2, 0.25) is 5.75 Å². The molecule has 0 bridgehead atoms. The molecule has 0 saturated heterocycles. The Labute approximate surface area is 241 Å². The second-order valence-corrected chi connectivity index (χ2v) is 9.63. The number of non-ortho nitro benzene ring substituents is 1. The summed E-state index contributed by atoms with van der Waals surface area (Å²) >= 11 is 2.12. The monoisotopic (exact) mass is 655 g/mol. The molecule has 0 aliphatic rings. The molecule has 1 N–H and O–H groups in total. The summed E-state index contributed by atoms with van der Waals surface area (Å²) in [6.07, 6.45) is 1.56. The number of hydrazone groups is 1. The van der Waals surface area contributed by atoms with Crippen LogP contribution in [0.2, 0.25) is 0 Å². The highest BCUT2D eigenvalue weighted by molar-refractivity contribution is 14.1. The summed E-state index contributed by atoms with van der Waals surface area (Å²) in [4.78, 5) is 33.4. The summed E-state index contributed by atoms with van der Waals surface area (Å²) in [5.74, 6) is 0.438. The molecule has 3 aromatic carbocycles. The van der Waals surface area contributed by atoms with Gasteiger partial charge in [-0.25, -0.2) is 5.43 Å². The highest BCUT2D eigenvalue weighted by Crippen LogP contribution is 2.35. The SMILES string of the molecule is COc1cc(C(=O)N/N=C\c2cc(C)n(-c3ccc(Oc4ccc([N+](=O)[O-])cc4[N+](=O)[O-])cc3)c2C)ccc1I. The quantitative estimate of drug-likeness (QED) is 0.0994.